The molecular formula is C14H18ClN3O3. The Morgan fingerprint density at radius 3 is 2.38 bits per heavy atom. The van der Waals surface area contributed by atoms with Gasteiger partial charge in [0.15, 0.2) is 11.0 Å². The third-order valence-electron chi connectivity index (χ3n) is 3.91. The number of amides is 1. The number of hydrogen-bond acceptors (Lipinski definition) is 4. The Kier molecular flexibility index (Phi) is 5.12. The number of aromatic nitrogens is 2. The molecule has 6 nitrogen and oxygen atoms in total. The van der Waals surface area contributed by atoms with Crippen LogP contribution in [0.3, 0.4) is 0 Å². The average Bonchev–Trinajstić information content (AvgIpc) is 2.68. The lowest BCUT2D eigenvalue weighted by Gasteiger charge is -2.27. The van der Waals surface area contributed by atoms with Crippen molar-refractivity contribution in [3.05, 3.63) is 17.3 Å². The lowest BCUT2D eigenvalue weighted by Crippen LogP contribution is -2.35. The third kappa shape index (κ3) is 4.14. The van der Waals surface area contributed by atoms with Crippen LogP contribution in [-0.4, -0.2) is 27.2 Å². The van der Waals surface area contributed by atoms with Crippen molar-refractivity contribution in [2.24, 2.45) is 5.41 Å². The number of carboxylic acids is 1. The van der Waals surface area contributed by atoms with E-state index in [1.165, 1.54) is 12.1 Å². The number of carbonyl (C=O) groups excluding carboxylic acids is 1. The first kappa shape index (κ1) is 15.7. The third-order valence-corrected chi connectivity index (χ3v) is 4.11. The normalized spacial score (nSPS) is 17.8. The van der Waals surface area contributed by atoms with E-state index >= 15 is 0 Å². The van der Waals surface area contributed by atoms with Gasteiger partial charge in [0.05, 0.1) is 5.41 Å². The van der Waals surface area contributed by atoms with Gasteiger partial charge in [0.25, 0.3) is 0 Å². The lowest BCUT2D eigenvalue weighted by molar-refractivity contribution is -0.152. The smallest absolute Gasteiger partial charge is 0.310 e. The fourth-order valence-corrected chi connectivity index (χ4v) is 2.85. The highest BCUT2D eigenvalue weighted by molar-refractivity contribution is 6.29. The summed E-state index contributed by atoms with van der Waals surface area (Å²) in [7, 11) is 0. The van der Waals surface area contributed by atoms with Crippen LogP contribution in [0.1, 0.15) is 44.9 Å². The van der Waals surface area contributed by atoms with Crippen LogP contribution < -0.4 is 5.32 Å². The molecule has 0 saturated heterocycles. The van der Waals surface area contributed by atoms with E-state index < -0.39 is 11.4 Å². The monoisotopic (exact) mass is 311 g/mol. The fraction of sp³-hybridized carbons (Fsp3) is 0.571. The Bertz CT molecular complexity index is 511. The highest BCUT2D eigenvalue weighted by Gasteiger charge is 2.40. The van der Waals surface area contributed by atoms with Gasteiger partial charge in [-0.15, -0.1) is 10.2 Å². The van der Waals surface area contributed by atoms with Gasteiger partial charge in [0.1, 0.15) is 0 Å². The van der Waals surface area contributed by atoms with E-state index in [9.17, 15) is 14.7 Å². The van der Waals surface area contributed by atoms with Crippen molar-refractivity contribution in [2.45, 2.75) is 44.9 Å². The molecule has 0 bridgehead atoms. The molecule has 1 aromatic rings. The van der Waals surface area contributed by atoms with Crippen molar-refractivity contribution < 1.29 is 14.7 Å². The second-order valence-electron chi connectivity index (χ2n) is 5.47. The highest BCUT2D eigenvalue weighted by Crippen LogP contribution is 2.38. The maximum atomic E-state index is 12.1. The van der Waals surface area contributed by atoms with Crippen molar-refractivity contribution >= 4 is 29.3 Å². The van der Waals surface area contributed by atoms with Crippen LogP contribution in [0.4, 0.5) is 5.82 Å². The quantitative estimate of drug-likeness (QED) is 0.834. The maximum Gasteiger partial charge on any atom is 0.310 e. The molecule has 1 heterocycles. The molecule has 1 aliphatic rings. The van der Waals surface area contributed by atoms with Crippen molar-refractivity contribution in [3.63, 3.8) is 0 Å². The number of rotatable bonds is 4. The van der Waals surface area contributed by atoms with Crippen LogP contribution in [-0.2, 0) is 9.59 Å². The molecule has 2 rings (SSSR count). The van der Waals surface area contributed by atoms with E-state index in [-0.39, 0.29) is 23.3 Å². The number of nitrogens with zero attached hydrogens (tertiary/aromatic N) is 2. The molecule has 7 heteroatoms. The molecule has 2 N–H and O–H groups in total. The zero-order chi connectivity index (χ0) is 15.3. The number of aliphatic carboxylic acids is 1. The molecule has 21 heavy (non-hydrogen) atoms. The molecule has 114 valence electrons. The van der Waals surface area contributed by atoms with Gasteiger partial charge in [-0.2, -0.15) is 0 Å². The second-order valence-corrected chi connectivity index (χ2v) is 5.85. The SMILES string of the molecule is O=C(CC1(C(=O)O)CCCCCC1)Nc1ccc(Cl)nn1. The molecule has 0 aliphatic heterocycles. The maximum absolute atomic E-state index is 12.1. The van der Waals surface area contributed by atoms with E-state index in [2.05, 4.69) is 15.5 Å². The molecule has 1 saturated carbocycles. The van der Waals surface area contributed by atoms with E-state index in [4.69, 9.17) is 11.6 Å². The van der Waals surface area contributed by atoms with Gasteiger partial charge >= 0.3 is 5.97 Å². The molecule has 0 unspecified atom stereocenters. The Morgan fingerprint density at radius 2 is 1.86 bits per heavy atom. The molecule has 0 aromatic carbocycles. The number of carbonyl (C=O) groups is 2. The molecule has 1 aromatic heterocycles. The van der Waals surface area contributed by atoms with Crippen molar-refractivity contribution in [2.75, 3.05) is 5.32 Å². The minimum Gasteiger partial charge on any atom is -0.481 e. The van der Waals surface area contributed by atoms with E-state index in [0.29, 0.717) is 12.8 Å². The molecule has 1 amide bonds. The Hall–Kier alpha value is -1.69. The summed E-state index contributed by atoms with van der Waals surface area (Å²) in [4.78, 5) is 23.7. The van der Waals surface area contributed by atoms with E-state index in [1.54, 1.807) is 0 Å². The number of anilines is 1. The number of nitrogens with one attached hydrogen (secondary N) is 1. The summed E-state index contributed by atoms with van der Waals surface area (Å²) in [6.07, 6.45) is 4.80. The predicted molar refractivity (Wildman–Crippen MR) is 78.1 cm³/mol. The van der Waals surface area contributed by atoms with Crippen LogP contribution in [0.2, 0.25) is 5.15 Å². The molecule has 1 fully saturated rings. The minimum atomic E-state index is -0.958. The predicted octanol–water partition coefficient (Wildman–Crippen LogP) is 2.88. The fourth-order valence-electron chi connectivity index (χ4n) is 2.75. The van der Waals surface area contributed by atoms with Gasteiger partial charge in [-0.1, -0.05) is 37.3 Å². The topological polar surface area (TPSA) is 92.2 Å². The summed E-state index contributed by atoms with van der Waals surface area (Å²) in [6.45, 7) is 0. The number of carboxylic acid groups (broad SMARTS) is 1. The second kappa shape index (κ2) is 6.85. The van der Waals surface area contributed by atoms with Gasteiger partial charge in [-0.05, 0) is 25.0 Å². The zero-order valence-electron chi connectivity index (χ0n) is 11.6. The summed E-state index contributed by atoms with van der Waals surface area (Å²) in [6, 6.07) is 3.05. The summed E-state index contributed by atoms with van der Waals surface area (Å²) < 4.78 is 0. The number of halogens is 1. The van der Waals surface area contributed by atoms with E-state index in [0.717, 1.165) is 25.7 Å². The Morgan fingerprint density at radius 1 is 1.19 bits per heavy atom. The van der Waals surface area contributed by atoms with E-state index in [1.807, 2.05) is 0 Å². The van der Waals surface area contributed by atoms with Crippen molar-refractivity contribution in [3.8, 4) is 0 Å². The van der Waals surface area contributed by atoms with Gasteiger partial charge in [0, 0.05) is 6.42 Å². The van der Waals surface area contributed by atoms with Crippen LogP contribution in [0.5, 0.6) is 0 Å². The van der Waals surface area contributed by atoms with Gasteiger partial charge in [0.2, 0.25) is 5.91 Å². The summed E-state index contributed by atoms with van der Waals surface area (Å²) in [5, 5.41) is 19.7. The summed E-state index contributed by atoms with van der Waals surface area (Å²) in [5.41, 5.74) is -0.958. The van der Waals surface area contributed by atoms with Crippen LogP contribution >= 0.6 is 11.6 Å². The highest BCUT2D eigenvalue weighted by atomic mass is 35.5. The average molecular weight is 312 g/mol. The van der Waals surface area contributed by atoms with Crippen LogP contribution in [0, 0.1) is 5.41 Å². The van der Waals surface area contributed by atoms with Gasteiger partial charge in [-0.25, -0.2) is 0 Å². The Labute approximate surface area is 127 Å². The minimum absolute atomic E-state index is 0.0351. The first-order valence-electron chi connectivity index (χ1n) is 7.04. The molecule has 0 atom stereocenters. The molecule has 1 aliphatic carbocycles. The standard InChI is InChI=1S/C14H18ClN3O3/c15-10-5-6-11(18-17-10)16-12(19)9-14(13(20)21)7-3-1-2-4-8-14/h5-6H,1-4,7-9H2,(H,20,21)(H,16,18,19). The number of hydrogen-bond donors (Lipinski definition) is 2. The lowest BCUT2D eigenvalue weighted by atomic mass is 9.77. The first-order valence-corrected chi connectivity index (χ1v) is 7.42. The van der Waals surface area contributed by atoms with Crippen LogP contribution in [0.25, 0.3) is 0 Å². The van der Waals surface area contributed by atoms with Gasteiger partial charge < -0.3 is 10.4 Å². The van der Waals surface area contributed by atoms with Crippen molar-refractivity contribution in [1.29, 1.82) is 0 Å². The summed E-state index contributed by atoms with van der Waals surface area (Å²) in [5.74, 6) is -0.962. The van der Waals surface area contributed by atoms with Gasteiger partial charge in [-0.3, -0.25) is 9.59 Å². The Balaban J connectivity index is 2.04. The largest absolute Gasteiger partial charge is 0.481 e. The molecular weight excluding hydrogens is 294 g/mol. The molecule has 0 radical (unpaired) electrons. The molecule has 0 spiro atoms. The van der Waals surface area contributed by atoms with Crippen LogP contribution in [0.15, 0.2) is 12.1 Å². The summed E-state index contributed by atoms with van der Waals surface area (Å²) >= 11 is 5.62. The van der Waals surface area contributed by atoms with Crippen molar-refractivity contribution in [1.82, 2.24) is 10.2 Å². The zero-order valence-corrected chi connectivity index (χ0v) is 12.4. The first-order chi connectivity index (χ1) is 10.0.